The molecule has 0 spiro atoms. The van der Waals surface area contributed by atoms with E-state index in [0.29, 0.717) is 12.0 Å². The third kappa shape index (κ3) is 2.86. The van der Waals surface area contributed by atoms with Crippen molar-refractivity contribution in [1.29, 1.82) is 0 Å². The molecule has 2 aliphatic carbocycles. The largest absolute Gasteiger partial charge is 0.370 e. The van der Waals surface area contributed by atoms with Crippen molar-refractivity contribution in [3.05, 3.63) is 11.7 Å². The van der Waals surface area contributed by atoms with Gasteiger partial charge in [0.05, 0.1) is 5.92 Å². The van der Waals surface area contributed by atoms with Gasteiger partial charge in [0.25, 0.3) is 0 Å². The zero-order valence-electron chi connectivity index (χ0n) is 13.2. The summed E-state index contributed by atoms with van der Waals surface area (Å²) in [7, 11) is 1.77. The molecule has 3 rings (SSSR count). The van der Waals surface area contributed by atoms with Crippen molar-refractivity contribution in [2.24, 2.45) is 0 Å². The molecule has 0 saturated heterocycles. The topological polar surface area (TPSA) is 60.2 Å². The summed E-state index contributed by atoms with van der Waals surface area (Å²) in [5, 5.41) is 7.88. The van der Waals surface area contributed by atoms with Gasteiger partial charge in [-0.15, -0.1) is 0 Å². The first-order chi connectivity index (χ1) is 10.3. The minimum absolute atomic E-state index is 0.299. The van der Waals surface area contributed by atoms with Gasteiger partial charge in [-0.05, 0) is 51.5 Å². The van der Waals surface area contributed by atoms with Crippen LogP contribution >= 0.6 is 0 Å². The maximum Gasteiger partial charge on any atom is 0.231 e. The molecule has 21 heavy (non-hydrogen) atoms. The molecule has 1 N–H and O–H groups in total. The van der Waals surface area contributed by atoms with Gasteiger partial charge in [-0.2, -0.15) is 4.98 Å². The number of methoxy groups -OCH3 is 1. The van der Waals surface area contributed by atoms with Crippen molar-refractivity contribution in [2.75, 3.05) is 13.7 Å². The summed E-state index contributed by atoms with van der Waals surface area (Å²) in [6.07, 6.45) is 9.12. The van der Waals surface area contributed by atoms with Crippen LogP contribution in [-0.2, 0) is 10.3 Å². The Morgan fingerprint density at radius 3 is 2.81 bits per heavy atom. The summed E-state index contributed by atoms with van der Waals surface area (Å²) in [5.41, 5.74) is -0.299. The molecule has 0 bridgehead atoms. The highest BCUT2D eigenvalue weighted by atomic mass is 16.5. The van der Waals surface area contributed by atoms with E-state index in [0.717, 1.165) is 43.9 Å². The molecule has 0 aromatic carbocycles. The molecule has 5 nitrogen and oxygen atoms in total. The number of hydrogen-bond donors (Lipinski definition) is 1. The fourth-order valence-electron chi connectivity index (χ4n) is 3.87. The Labute approximate surface area is 126 Å². The molecule has 1 aromatic rings. The summed E-state index contributed by atoms with van der Waals surface area (Å²) in [6, 6.07) is 0.486. The van der Waals surface area contributed by atoms with Crippen molar-refractivity contribution in [1.82, 2.24) is 15.5 Å². The molecule has 0 amide bonds. The number of nitrogens with one attached hydrogen (secondary N) is 1. The lowest BCUT2D eigenvalue weighted by molar-refractivity contribution is -0.0178. The van der Waals surface area contributed by atoms with Gasteiger partial charge in [0, 0.05) is 13.2 Å². The van der Waals surface area contributed by atoms with Crippen LogP contribution in [0.25, 0.3) is 0 Å². The summed E-state index contributed by atoms with van der Waals surface area (Å²) >= 11 is 0. The van der Waals surface area contributed by atoms with Gasteiger partial charge in [0.1, 0.15) is 5.60 Å². The third-order valence-corrected chi connectivity index (χ3v) is 5.14. The van der Waals surface area contributed by atoms with Crippen LogP contribution < -0.4 is 5.32 Å². The van der Waals surface area contributed by atoms with Crippen molar-refractivity contribution < 1.29 is 9.26 Å². The lowest BCUT2D eigenvalue weighted by Crippen LogP contribution is -2.32. The van der Waals surface area contributed by atoms with E-state index in [4.69, 9.17) is 14.2 Å². The highest BCUT2D eigenvalue weighted by Crippen LogP contribution is 2.41. The second-order valence-electron chi connectivity index (χ2n) is 6.46. The first kappa shape index (κ1) is 15.0. The summed E-state index contributed by atoms with van der Waals surface area (Å²) in [6.45, 7) is 3.26. The Kier molecular flexibility index (Phi) is 4.60. The average Bonchev–Trinajstić information content (AvgIpc) is 3.23. The monoisotopic (exact) mass is 293 g/mol. The smallest absolute Gasteiger partial charge is 0.231 e. The van der Waals surface area contributed by atoms with E-state index < -0.39 is 0 Å². The van der Waals surface area contributed by atoms with Crippen LogP contribution in [-0.4, -0.2) is 29.8 Å². The SMILES string of the molecule is CCCNC1CCCC1c1nc(C2(OC)CCCC2)no1. The van der Waals surface area contributed by atoms with E-state index in [9.17, 15) is 0 Å². The number of rotatable bonds is 6. The van der Waals surface area contributed by atoms with Gasteiger partial charge in [-0.1, -0.05) is 18.5 Å². The first-order valence-electron chi connectivity index (χ1n) is 8.41. The minimum Gasteiger partial charge on any atom is -0.370 e. The van der Waals surface area contributed by atoms with Gasteiger partial charge >= 0.3 is 0 Å². The fourth-order valence-corrected chi connectivity index (χ4v) is 3.87. The highest BCUT2D eigenvalue weighted by Gasteiger charge is 2.41. The molecule has 1 heterocycles. The van der Waals surface area contributed by atoms with E-state index in [1.165, 1.54) is 25.7 Å². The molecule has 5 heteroatoms. The van der Waals surface area contributed by atoms with Gasteiger partial charge in [-0.3, -0.25) is 0 Å². The van der Waals surface area contributed by atoms with Crippen LogP contribution in [0.4, 0.5) is 0 Å². The lowest BCUT2D eigenvalue weighted by Gasteiger charge is -2.23. The van der Waals surface area contributed by atoms with Crippen LogP contribution in [0.3, 0.4) is 0 Å². The van der Waals surface area contributed by atoms with Crippen molar-refractivity contribution in [3.63, 3.8) is 0 Å². The van der Waals surface area contributed by atoms with Crippen LogP contribution in [0.15, 0.2) is 4.52 Å². The van der Waals surface area contributed by atoms with Crippen LogP contribution in [0.1, 0.15) is 75.9 Å². The highest BCUT2D eigenvalue weighted by molar-refractivity contribution is 5.09. The van der Waals surface area contributed by atoms with Gasteiger partial charge in [-0.25, -0.2) is 0 Å². The zero-order valence-corrected chi connectivity index (χ0v) is 13.2. The standard InChI is InChI=1S/C16H27N3O2/c1-3-11-17-13-8-6-7-12(13)14-18-15(19-21-14)16(20-2)9-4-5-10-16/h12-13,17H,3-11H2,1-2H3. The molecule has 2 atom stereocenters. The number of ether oxygens (including phenoxy) is 1. The van der Waals surface area contributed by atoms with Crippen LogP contribution in [0.2, 0.25) is 0 Å². The molecule has 1 aromatic heterocycles. The number of hydrogen-bond acceptors (Lipinski definition) is 5. The Balaban J connectivity index is 1.75. The average molecular weight is 293 g/mol. The molecule has 118 valence electrons. The number of aromatic nitrogens is 2. The molecular formula is C16H27N3O2. The van der Waals surface area contributed by atoms with Gasteiger partial charge < -0.3 is 14.6 Å². The molecule has 2 fully saturated rings. The maximum atomic E-state index is 5.75. The Bertz CT molecular complexity index is 454. The van der Waals surface area contributed by atoms with Crippen molar-refractivity contribution >= 4 is 0 Å². The van der Waals surface area contributed by atoms with E-state index in [-0.39, 0.29) is 5.60 Å². The van der Waals surface area contributed by atoms with Crippen LogP contribution in [0, 0.1) is 0 Å². The Hall–Kier alpha value is -0.940. The van der Waals surface area contributed by atoms with E-state index >= 15 is 0 Å². The number of nitrogens with zero attached hydrogens (tertiary/aromatic N) is 2. The second-order valence-corrected chi connectivity index (χ2v) is 6.46. The molecule has 0 aliphatic heterocycles. The predicted molar refractivity (Wildman–Crippen MR) is 80.1 cm³/mol. The Morgan fingerprint density at radius 2 is 2.10 bits per heavy atom. The zero-order chi connectivity index (χ0) is 14.7. The molecule has 2 aliphatic rings. The van der Waals surface area contributed by atoms with E-state index in [1.807, 2.05) is 0 Å². The van der Waals surface area contributed by atoms with E-state index in [1.54, 1.807) is 7.11 Å². The lowest BCUT2D eigenvalue weighted by atomic mass is 10.0. The fraction of sp³-hybridized carbons (Fsp3) is 0.875. The minimum atomic E-state index is -0.299. The molecule has 2 saturated carbocycles. The van der Waals surface area contributed by atoms with Crippen molar-refractivity contribution in [2.45, 2.75) is 75.9 Å². The summed E-state index contributed by atoms with van der Waals surface area (Å²) in [4.78, 5) is 4.73. The normalized spacial score (nSPS) is 28.3. The van der Waals surface area contributed by atoms with Gasteiger partial charge in [0.2, 0.25) is 11.7 Å². The van der Waals surface area contributed by atoms with E-state index in [2.05, 4.69) is 17.4 Å². The molecule has 2 unspecified atom stereocenters. The van der Waals surface area contributed by atoms with Gasteiger partial charge in [0.15, 0.2) is 0 Å². The summed E-state index contributed by atoms with van der Waals surface area (Å²) in [5.74, 6) is 1.94. The third-order valence-electron chi connectivity index (χ3n) is 5.14. The first-order valence-corrected chi connectivity index (χ1v) is 8.41. The maximum absolute atomic E-state index is 5.75. The predicted octanol–water partition coefficient (Wildman–Crippen LogP) is 3.12. The molecule has 0 radical (unpaired) electrons. The Morgan fingerprint density at radius 1 is 1.29 bits per heavy atom. The second kappa shape index (κ2) is 6.44. The van der Waals surface area contributed by atoms with Crippen molar-refractivity contribution in [3.8, 4) is 0 Å². The molecular weight excluding hydrogens is 266 g/mol. The quantitative estimate of drug-likeness (QED) is 0.873. The summed E-state index contributed by atoms with van der Waals surface area (Å²) < 4.78 is 11.4. The van der Waals surface area contributed by atoms with Crippen LogP contribution in [0.5, 0.6) is 0 Å².